The highest BCUT2D eigenvalue weighted by Crippen LogP contribution is 2.27. The van der Waals surface area contributed by atoms with Gasteiger partial charge in [-0.15, -0.1) is 10.2 Å². The number of rotatable bonds is 8. The molecule has 2 aromatic carbocycles. The second kappa shape index (κ2) is 8.69. The van der Waals surface area contributed by atoms with Gasteiger partial charge in [-0.2, -0.15) is 0 Å². The van der Waals surface area contributed by atoms with E-state index in [1.807, 2.05) is 30.3 Å². The van der Waals surface area contributed by atoms with Crippen LogP contribution in [0, 0.1) is 0 Å². The minimum atomic E-state index is 0.485. The van der Waals surface area contributed by atoms with Crippen molar-refractivity contribution in [2.24, 2.45) is 0 Å². The fourth-order valence-electron chi connectivity index (χ4n) is 2.50. The van der Waals surface area contributed by atoms with Gasteiger partial charge in [0.15, 0.2) is 11.5 Å². The maximum Gasteiger partial charge on any atom is 0.247 e. The molecule has 0 saturated carbocycles. The predicted octanol–water partition coefficient (Wildman–Crippen LogP) is 3.74. The van der Waals surface area contributed by atoms with Gasteiger partial charge in [-0.3, -0.25) is 0 Å². The molecule has 6 nitrogen and oxygen atoms in total. The SMILES string of the molecule is COc1ccc(CCNCc2nnc(-c3ccc(Cl)cc3)o2)cc1OC. The minimum Gasteiger partial charge on any atom is -0.493 e. The Morgan fingerprint density at radius 2 is 1.77 bits per heavy atom. The van der Waals surface area contributed by atoms with Crippen LogP contribution >= 0.6 is 11.6 Å². The Kier molecular flexibility index (Phi) is 6.09. The minimum absolute atomic E-state index is 0.485. The first-order valence-electron chi connectivity index (χ1n) is 8.19. The molecule has 0 unspecified atom stereocenters. The predicted molar refractivity (Wildman–Crippen MR) is 99.7 cm³/mol. The van der Waals surface area contributed by atoms with Crippen LogP contribution in [0.15, 0.2) is 46.9 Å². The van der Waals surface area contributed by atoms with Crippen LogP contribution in [0.25, 0.3) is 11.5 Å². The Balaban J connectivity index is 1.50. The molecule has 0 aliphatic heterocycles. The van der Waals surface area contributed by atoms with Crippen LogP contribution in [0.1, 0.15) is 11.5 Å². The molecule has 7 heteroatoms. The van der Waals surface area contributed by atoms with Crippen LogP contribution in [-0.4, -0.2) is 31.0 Å². The monoisotopic (exact) mass is 373 g/mol. The average Bonchev–Trinajstić information content (AvgIpc) is 3.14. The molecule has 0 radical (unpaired) electrons. The van der Waals surface area contributed by atoms with Crippen molar-refractivity contribution in [3.63, 3.8) is 0 Å². The summed E-state index contributed by atoms with van der Waals surface area (Å²) in [7, 11) is 3.26. The van der Waals surface area contributed by atoms with Gasteiger partial charge in [-0.1, -0.05) is 17.7 Å². The Hall–Kier alpha value is -2.57. The Morgan fingerprint density at radius 1 is 1.00 bits per heavy atom. The van der Waals surface area contributed by atoms with Crippen LogP contribution in [0.2, 0.25) is 5.02 Å². The van der Waals surface area contributed by atoms with Crippen molar-refractivity contribution >= 4 is 11.6 Å². The van der Waals surface area contributed by atoms with Crippen molar-refractivity contribution in [1.82, 2.24) is 15.5 Å². The largest absolute Gasteiger partial charge is 0.493 e. The van der Waals surface area contributed by atoms with Gasteiger partial charge in [-0.05, 0) is 54.9 Å². The molecule has 136 valence electrons. The fourth-order valence-corrected chi connectivity index (χ4v) is 2.62. The molecule has 0 amide bonds. The van der Waals surface area contributed by atoms with E-state index in [-0.39, 0.29) is 0 Å². The van der Waals surface area contributed by atoms with Gasteiger partial charge < -0.3 is 19.2 Å². The van der Waals surface area contributed by atoms with E-state index in [2.05, 4.69) is 15.5 Å². The summed E-state index contributed by atoms with van der Waals surface area (Å²) in [5.41, 5.74) is 2.00. The molecule has 0 atom stereocenters. The Morgan fingerprint density at radius 3 is 2.50 bits per heavy atom. The van der Waals surface area contributed by atoms with Gasteiger partial charge in [0, 0.05) is 10.6 Å². The first kappa shape index (κ1) is 18.2. The second-order valence-electron chi connectivity index (χ2n) is 5.62. The summed E-state index contributed by atoms with van der Waals surface area (Å²) in [6.45, 7) is 1.28. The summed E-state index contributed by atoms with van der Waals surface area (Å²) >= 11 is 5.88. The summed E-state index contributed by atoms with van der Waals surface area (Å²) in [4.78, 5) is 0. The third kappa shape index (κ3) is 4.53. The van der Waals surface area contributed by atoms with Gasteiger partial charge in [0.05, 0.1) is 20.8 Å². The third-order valence-corrected chi connectivity index (χ3v) is 4.12. The quantitative estimate of drug-likeness (QED) is 0.606. The Bertz CT molecular complexity index is 849. The lowest BCUT2D eigenvalue weighted by atomic mass is 10.1. The molecule has 1 N–H and O–H groups in total. The van der Waals surface area contributed by atoms with E-state index in [4.69, 9.17) is 25.5 Å². The highest BCUT2D eigenvalue weighted by atomic mass is 35.5. The van der Waals surface area contributed by atoms with Gasteiger partial charge >= 0.3 is 0 Å². The third-order valence-electron chi connectivity index (χ3n) is 3.87. The number of aromatic nitrogens is 2. The van der Waals surface area contributed by atoms with E-state index in [1.165, 1.54) is 0 Å². The summed E-state index contributed by atoms with van der Waals surface area (Å²) in [6.07, 6.45) is 0.846. The van der Waals surface area contributed by atoms with Crippen molar-refractivity contribution in [2.75, 3.05) is 20.8 Å². The molecule has 3 aromatic rings. The standard InChI is InChI=1S/C19H20ClN3O3/c1-24-16-8-3-13(11-17(16)25-2)9-10-21-12-18-22-23-19(26-18)14-4-6-15(20)7-5-14/h3-8,11,21H,9-10,12H2,1-2H3. The molecule has 0 spiro atoms. The van der Waals surface area contributed by atoms with Gasteiger partial charge in [0.25, 0.3) is 0 Å². The highest BCUT2D eigenvalue weighted by molar-refractivity contribution is 6.30. The maximum atomic E-state index is 5.88. The molecule has 0 fully saturated rings. The number of hydrogen-bond acceptors (Lipinski definition) is 6. The van der Waals surface area contributed by atoms with Crippen molar-refractivity contribution in [1.29, 1.82) is 0 Å². The first-order chi connectivity index (χ1) is 12.7. The summed E-state index contributed by atoms with van der Waals surface area (Å²) in [5, 5.41) is 12.1. The van der Waals surface area contributed by atoms with Crippen LogP contribution in [0.5, 0.6) is 11.5 Å². The normalized spacial score (nSPS) is 10.7. The van der Waals surface area contributed by atoms with Crippen molar-refractivity contribution in [2.45, 2.75) is 13.0 Å². The lowest BCUT2D eigenvalue weighted by Gasteiger charge is -2.09. The summed E-state index contributed by atoms with van der Waals surface area (Å²) in [6, 6.07) is 13.2. The lowest BCUT2D eigenvalue weighted by molar-refractivity contribution is 0.354. The zero-order chi connectivity index (χ0) is 18.4. The highest BCUT2D eigenvalue weighted by Gasteiger charge is 2.08. The number of benzene rings is 2. The molecule has 0 saturated heterocycles. The number of nitrogens with zero attached hydrogens (tertiary/aromatic N) is 2. The molecular weight excluding hydrogens is 354 g/mol. The van der Waals surface area contributed by atoms with Crippen LogP contribution in [0.4, 0.5) is 0 Å². The number of methoxy groups -OCH3 is 2. The second-order valence-corrected chi connectivity index (χ2v) is 6.06. The first-order valence-corrected chi connectivity index (χ1v) is 8.57. The number of ether oxygens (including phenoxy) is 2. The van der Waals surface area contributed by atoms with Gasteiger partial charge in [0.2, 0.25) is 11.8 Å². The number of nitrogens with one attached hydrogen (secondary N) is 1. The van der Waals surface area contributed by atoms with E-state index < -0.39 is 0 Å². The van der Waals surface area contributed by atoms with Crippen molar-refractivity contribution in [3.05, 3.63) is 58.9 Å². The average molecular weight is 374 g/mol. The van der Waals surface area contributed by atoms with E-state index in [9.17, 15) is 0 Å². The van der Waals surface area contributed by atoms with Gasteiger partial charge in [-0.25, -0.2) is 0 Å². The van der Waals surface area contributed by atoms with E-state index in [1.54, 1.807) is 26.4 Å². The van der Waals surface area contributed by atoms with E-state index in [0.29, 0.717) is 23.3 Å². The molecule has 1 heterocycles. The van der Waals surface area contributed by atoms with Crippen LogP contribution in [-0.2, 0) is 13.0 Å². The molecule has 3 rings (SSSR count). The summed E-state index contributed by atoms with van der Waals surface area (Å²) in [5.74, 6) is 2.49. The maximum absolute atomic E-state index is 5.88. The number of halogens is 1. The lowest BCUT2D eigenvalue weighted by Crippen LogP contribution is -2.16. The van der Waals surface area contributed by atoms with Crippen molar-refractivity contribution < 1.29 is 13.9 Å². The zero-order valence-electron chi connectivity index (χ0n) is 14.7. The topological polar surface area (TPSA) is 69.4 Å². The molecule has 26 heavy (non-hydrogen) atoms. The number of hydrogen-bond donors (Lipinski definition) is 1. The van der Waals surface area contributed by atoms with E-state index >= 15 is 0 Å². The van der Waals surface area contributed by atoms with E-state index in [0.717, 1.165) is 35.6 Å². The molecule has 0 aliphatic rings. The van der Waals surface area contributed by atoms with Crippen molar-refractivity contribution in [3.8, 4) is 23.0 Å². The fraction of sp³-hybridized carbons (Fsp3) is 0.263. The molecule has 0 aliphatic carbocycles. The molecular formula is C19H20ClN3O3. The Labute approximate surface area is 157 Å². The van der Waals surface area contributed by atoms with Crippen LogP contribution < -0.4 is 14.8 Å². The van der Waals surface area contributed by atoms with Gasteiger partial charge in [0.1, 0.15) is 0 Å². The smallest absolute Gasteiger partial charge is 0.247 e. The zero-order valence-corrected chi connectivity index (χ0v) is 15.4. The molecule has 0 bridgehead atoms. The summed E-state index contributed by atoms with van der Waals surface area (Å²) < 4.78 is 16.2. The van der Waals surface area contributed by atoms with Crippen LogP contribution in [0.3, 0.4) is 0 Å². The molecule has 1 aromatic heterocycles.